The standard InChI is InChI=1S/C29H35NO3/c1-20-22(8-7-9-26(20)33-25-12-10-24(11-13-25)29(2,3)4)18-30-15-14-21-16-27(31-5)28(32-6)17-23(21)19-30/h7-13,16-17H,14-15,18-19H2,1-6H3. The van der Waals surface area contributed by atoms with E-state index >= 15 is 0 Å². The summed E-state index contributed by atoms with van der Waals surface area (Å²) in [5, 5.41) is 0. The molecular weight excluding hydrogens is 410 g/mol. The fourth-order valence-electron chi connectivity index (χ4n) is 4.41. The number of hydrogen-bond donors (Lipinski definition) is 0. The van der Waals surface area contributed by atoms with Crippen LogP contribution in [-0.4, -0.2) is 25.7 Å². The van der Waals surface area contributed by atoms with Gasteiger partial charge in [0.15, 0.2) is 11.5 Å². The zero-order chi connectivity index (χ0) is 23.6. The Labute approximate surface area is 198 Å². The van der Waals surface area contributed by atoms with Crippen LogP contribution in [0.1, 0.15) is 48.6 Å². The van der Waals surface area contributed by atoms with Gasteiger partial charge in [-0.3, -0.25) is 4.90 Å². The highest BCUT2D eigenvalue weighted by Crippen LogP contribution is 2.34. The molecule has 1 aliphatic heterocycles. The molecule has 33 heavy (non-hydrogen) atoms. The van der Waals surface area contributed by atoms with Gasteiger partial charge in [-0.1, -0.05) is 45.0 Å². The molecule has 3 aromatic carbocycles. The van der Waals surface area contributed by atoms with Crippen LogP contribution in [0.4, 0.5) is 0 Å². The molecule has 0 atom stereocenters. The third-order valence-electron chi connectivity index (χ3n) is 6.54. The van der Waals surface area contributed by atoms with E-state index in [1.54, 1.807) is 14.2 Å². The molecule has 0 aromatic heterocycles. The Bertz CT molecular complexity index is 1110. The van der Waals surface area contributed by atoms with Gasteiger partial charge in [-0.25, -0.2) is 0 Å². The van der Waals surface area contributed by atoms with Crippen molar-refractivity contribution in [3.8, 4) is 23.0 Å². The zero-order valence-corrected chi connectivity index (χ0v) is 20.7. The zero-order valence-electron chi connectivity index (χ0n) is 20.7. The van der Waals surface area contributed by atoms with Gasteiger partial charge in [0.2, 0.25) is 0 Å². The van der Waals surface area contributed by atoms with Crippen LogP contribution in [0.2, 0.25) is 0 Å². The van der Waals surface area contributed by atoms with E-state index in [1.165, 1.54) is 27.8 Å². The second-order valence-corrected chi connectivity index (χ2v) is 9.85. The molecular formula is C29H35NO3. The number of methoxy groups -OCH3 is 2. The highest BCUT2D eigenvalue weighted by atomic mass is 16.5. The first-order chi connectivity index (χ1) is 15.8. The van der Waals surface area contributed by atoms with Crippen molar-refractivity contribution >= 4 is 0 Å². The van der Waals surface area contributed by atoms with Crippen molar-refractivity contribution in [3.63, 3.8) is 0 Å². The Morgan fingerprint density at radius 3 is 2.15 bits per heavy atom. The van der Waals surface area contributed by atoms with Crippen LogP contribution in [0.15, 0.2) is 54.6 Å². The van der Waals surface area contributed by atoms with E-state index in [9.17, 15) is 0 Å². The Morgan fingerprint density at radius 2 is 1.52 bits per heavy atom. The van der Waals surface area contributed by atoms with Gasteiger partial charge in [0.05, 0.1) is 14.2 Å². The lowest BCUT2D eigenvalue weighted by Gasteiger charge is -2.30. The van der Waals surface area contributed by atoms with E-state index in [0.717, 1.165) is 49.1 Å². The van der Waals surface area contributed by atoms with Crippen LogP contribution in [0.25, 0.3) is 0 Å². The number of nitrogens with zero attached hydrogens (tertiary/aromatic N) is 1. The van der Waals surface area contributed by atoms with Gasteiger partial charge in [0, 0.05) is 19.6 Å². The molecule has 1 aliphatic rings. The van der Waals surface area contributed by atoms with Crippen molar-refractivity contribution in [1.82, 2.24) is 4.90 Å². The van der Waals surface area contributed by atoms with Gasteiger partial charge >= 0.3 is 0 Å². The molecule has 0 N–H and O–H groups in total. The Morgan fingerprint density at radius 1 is 0.848 bits per heavy atom. The topological polar surface area (TPSA) is 30.9 Å². The van der Waals surface area contributed by atoms with Crippen molar-refractivity contribution in [2.45, 2.75) is 52.6 Å². The minimum Gasteiger partial charge on any atom is -0.493 e. The third-order valence-corrected chi connectivity index (χ3v) is 6.54. The van der Waals surface area contributed by atoms with Crippen molar-refractivity contribution in [3.05, 3.63) is 82.4 Å². The average molecular weight is 446 g/mol. The summed E-state index contributed by atoms with van der Waals surface area (Å²) in [6.45, 7) is 11.6. The number of rotatable bonds is 6. The quantitative estimate of drug-likeness (QED) is 0.424. The SMILES string of the molecule is COc1cc2c(cc1OC)CN(Cc1cccc(Oc3ccc(C(C)(C)C)cc3)c1C)CC2. The first-order valence-electron chi connectivity index (χ1n) is 11.6. The normalized spacial score (nSPS) is 14.0. The summed E-state index contributed by atoms with van der Waals surface area (Å²) in [4.78, 5) is 2.48. The van der Waals surface area contributed by atoms with E-state index in [4.69, 9.17) is 14.2 Å². The van der Waals surface area contributed by atoms with Crippen molar-refractivity contribution < 1.29 is 14.2 Å². The summed E-state index contributed by atoms with van der Waals surface area (Å²) < 4.78 is 17.3. The molecule has 4 heteroatoms. The molecule has 0 saturated heterocycles. The lowest BCUT2D eigenvalue weighted by molar-refractivity contribution is 0.243. The van der Waals surface area contributed by atoms with Crippen LogP contribution >= 0.6 is 0 Å². The highest BCUT2D eigenvalue weighted by molar-refractivity contribution is 5.48. The largest absolute Gasteiger partial charge is 0.493 e. The third kappa shape index (κ3) is 5.17. The van der Waals surface area contributed by atoms with Gasteiger partial charge < -0.3 is 14.2 Å². The molecule has 0 unspecified atom stereocenters. The number of hydrogen-bond acceptors (Lipinski definition) is 4. The fraction of sp³-hybridized carbons (Fsp3) is 0.379. The molecule has 3 aromatic rings. The summed E-state index contributed by atoms with van der Waals surface area (Å²) in [6.07, 6.45) is 1.01. The van der Waals surface area contributed by atoms with E-state index < -0.39 is 0 Å². The fourth-order valence-corrected chi connectivity index (χ4v) is 4.41. The summed E-state index contributed by atoms with van der Waals surface area (Å²) in [5.74, 6) is 3.39. The van der Waals surface area contributed by atoms with Crippen molar-refractivity contribution in [2.24, 2.45) is 0 Å². The molecule has 4 nitrogen and oxygen atoms in total. The van der Waals surface area contributed by atoms with E-state index in [-0.39, 0.29) is 5.41 Å². The lowest BCUT2D eigenvalue weighted by Crippen LogP contribution is -2.30. The lowest BCUT2D eigenvalue weighted by atomic mass is 9.87. The molecule has 0 aliphatic carbocycles. The smallest absolute Gasteiger partial charge is 0.161 e. The maximum atomic E-state index is 6.27. The molecule has 0 fully saturated rings. The molecule has 0 amide bonds. The second-order valence-electron chi connectivity index (χ2n) is 9.85. The molecule has 4 rings (SSSR count). The van der Waals surface area contributed by atoms with Gasteiger partial charge in [-0.05, 0) is 76.9 Å². The molecule has 0 radical (unpaired) electrons. The average Bonchev–Trinajstić information content (AvgIpc) is 2.80. The summed E-state index contributed by atoms with van der Waals surface area (Å²) in [6, 6.07) is 19.0. The van der Waals surface area contributed by atoms with Gasteiger partial charge in [0.25, 0.3) is 0 Å². The number of fused-ring (bicyclic) bond motifs is 1. The molecule has 174 valence electrons. The Balaban J connectivity index is 1.48. The van der Waals surface area contributed by atoms with Crippen molar-refractivity contribution in [1.29, 1.82) is 0 Å². The van der Waals surface area contributed by atoms with Gasteiger partial charge in [-0.15, -0.1) is 0 Å². The summed E-state index contributed by atoms with van der Waals surface area (Å²) in [7, 11) is 3.38. The monoisotopic (exact) mass is 445 g/mol. The molecule has 0 saturated carbocycles. The maximum absolute atomic E-state index is 6.27. The molecule has 0 spiro atoms. The Kier molecular flexibility index (Phi) is 6.66. The first-order valence-corrected chi connectivity index (χ1v) is 11.6. The number of benzene rings is 3. The first kappa shape index (κ1) is 23.2. The predicted octanol–water partition coefficient (Wildman–Crippen LogP) is 6.66. The minimum atomic E-state index is 0.135. The molecule has 1 heterocycles. The van der Waals surface area contributed by atoms with E-state index in [2.05, 4.69) is 87.2 Å². The molecule has 0 bridgehead atoms. The Hall–Kier alpha value is -2.98. The van der Waals surface area contributed by atoms with Gasteiger partial charge in [-0.2, -0.15) is 0 Å². The maximum Gasteiger partial charge on any atom is 0.161 e. The van der Waals surface area contributed by atoms with Crippen LogP contribution in [-0.2, 0) is 24.9 Å². The highest BCUT2D eigenvalue weighted by Gasteiger charge is 2.20. The predicted molar refractivity (Wildman–Crippen MR) is 134 cm³/mol. The van der Waals surface area contributed by atoms with Crippen LogP contribution in [0, 0.1) is 6.92 Å². The number of ether oxygens (including phenoxy) is 3. The second kappa shape index (κ2) is 9.48. The summed E-state index contributed by atoms with van der Waals surface area (Å²) in [5.41, 5.74) is 6.58. The summed E-state index contributed by atoms with van der Waals surface area (Å²) >= 11 is 0. The van der Waals surface area contributed by atoms with Crippen molar-refractivity contribution in [2.75, 3.05) is 20.8 Å². The van der Waals surface area contributed by atoms with Crippen LogP contribution in [0.5, 0.6) is 23.0 Å². The van der Waals surface area contributed by atoms with Gasteiger partial charge in [0.1, 0.15) is 11.5 Å². The van der Waals surface area contributed by atoms with Crippen LogP contribution < -0.4 is 14.2 Å². The van der Waals surface area contributed by atoms with E-state index in [1.807, 2.05) is 0 Å². The van der Waals surface area contributed by atoms with E-state index in [0.29, 0.717) is 0 Å². The van der Waals surface area contributed by atoms with Crippen LogP contribution in [0.3, 0.4) is 0 Å². The minimum absolute atomic E-state index is 0.135.